The molecule has 3 nitrogen and oxygen atoms in total. The van der Waals surface area contributed by atoms with E-state index in [1.54, 1.807) is 0 Å². The molecular weight excluding hydrogens is 356 g/mol. The van der Waals surface area contributed by atoms with Gasteiger partial charge in [-0.2, -0.15) is 13.2 Å². The molecule has 2 heterocycles. The topological polar surface area (TPSA) is 42.9 Å². The molecule has 0 saturated carbocycles. The van der Waals surface area contributed by atoms with Gasteiger partial charge in [-0.3, -0.25) is 9.78 Å². The van der Waals surface area contributed by atoms with E-state index < -0.39 is 23.5 Å². The van der Waals surface area contributed by atoms with E-state index in [2.05, 4.69) is 9.97 Å². The first-order valence-electron chi connectivity index (χ1n) is 6.98. The highest BCUT2D eigenvalue weighted by Crippen LogP contribution is 2.34. The first-order chi connectivity index (χ1) is 11.8. The van der Waals surface area contributed by atoms with Gasteiger partial charge >= 0.3 is 6.18 Å². The number of halogens is 4. The predicted molar refractivity (Wildman–Crippen MR) is 88.3 cm³/mol. The first-order valence-corrected chi connectivity index (χ1v) is 7.80. The molecule has 0 aliphatic heterocycles. The average Bonchev–Trinajstić information content (AvgIpc) is 2.92. The van der Waals surface area contributed by atoms with Crippen LogP contribution in [0.3, 0.4) is 0 Å². The molecule has 2 rings (SSSR count). The van der Waals surface area contributed by atoms with Crippen molar-refractivity contribution >= 4 is 29.3 Å². The number of ketones is 1. The van der Waals surface area contributed by atoms with E-state index in [1.165, 1.54) is 37.4 Å². The van der Waals surface area contributed by atoms with Crippen molar-refractivity contribution in [1.29, 1.82) is 0 Å². The molecule has 0 aliphatic rings. The van der Waals surface area contributed by atoms with Crippen molar-refractivity contribution in [3.8, 4) is 0 Å². The van der Waals surface area contributed by atoms with Crippen LogP contribution in [0.5, 0.6) is 0 Å². The zero-order chi connectivity index (χ0) is 18.4. The van der Waals surface area contributed by atoms with Crippen LogP contribution in [-0.4, -0.2) is 15.8 Å². The predicted octanol–water partition coefficient (Wildman–Crippen LogP) is 4.86. The Morgan fingerprint density at radius 1 is 1.20 bits per heavy atom. The maximum atomic E-state index is 13.3. The third-order valence-corrected chi connectivity index (χ3v) is 3.82. The van der Waals surface area contributed by atoms with E-state index >= 15 is 0 Å². The average molecular weight is 368 g/mol. The molecule has 25 heavy (non-hydrogen) atoms. The van der Waals surface area contributed by atoms with Gasteiger partial charge in [0, 0.05) is 11.8 Å². The van der Waals surface area contributed by atoms with Gasteiger partial charge in [-0.1, -0.05) is 18.2 Å². The Hall–Kier alpha value is -2.61. The van der Waals surface area contributed by atoms with Crippen LogP contribution in [0.15, 0.2) is 42.8 Å². The number of thiazole rings is 1. The number of aryl methyl sites for hydroxylation is 1. The van der Waals surface area contributed by atoms with E-state index in [-0.39, 0.29) is 9.88 Å². The van der Waals surface area contributed by atoms with Crippen LogP contribution in [0.1, 0.15) is 21.1 Å². The van der Waals surface area contributed by atoms with Crippen molar-refractivity contribution in [3.63, 3.8) is 0 Å². The molecule has 0 spiro atoms. The number of nitrogens with zero attached hydrogens (tertiary/aromatic N) is 2. The second-order valence-electron chi connectivity index (χ2n) is 4.79. The van der Waals surface area contributed by atoms with Gasteiger partial charge < -0.3 is 0 Å². The fourth-order valence-corrected chi connectivity index (χ4v) is 2.65. The highest BCUT2D eigenvalue weighted by atomic mass is 32.1. The Kier molecular flexibility index (Phi) is 5.97. The van der Waals surface area contributed by atoms with E-state index in [1.807, 2.05) is 0 Å². The van der Waals surface area contributed by atoms with Gasteiger partial charge in [0.1, 0.15) is 5.82 Å². The number of pyridine rings is 1. The molecular formula is C17H12F4N2OS. The van der Waals surface area contributed by atoms with Gasteiger partial charge in [-0.25, -0.2) is 9.37 Å². The number of hydrogen-bond acceptors (Lipinski definition) is 4. The van der Waals surface area contributed by atoms with E-state index in [0.29, 0.717) is 5.56 Å². The fourth-order valence-electron chi connectivity index (χ4n) is 1.80. The minimum absolute atomic E-state index is 0.124. The van der Waals surface area contributed by atoms with Gasteiger partial charge in [0.2, 0.25) is 0 Å². The highest BCUT2D eigenvalue weighted by molar-refractivity contribution is 7.12. The Morgan fingerprint density at radius 3 is 2.64 bits per heavy atom. The molecule has 0 N–H and O–H groups in total. The first kappa shape index (κ1) is 18.7. The molecule has 0 aromatic carbocycles. The SMILES string of the molecule is Cc1nc(C(F)(F)F)c(/C=C/C(=O)/C=C/C=C/c2ccncc2F)s1. The van der Waals surface area contributed by atoms with Crippen LogP contribution in [-0.2, 0) is 11.0 Å². The summed E-state index contributed by atoms with van der Waals surface area (Å²) in [6.45, 7) is 1.46. The van der Waals surface area contributed by atoms with Gasteiger partial charge in [0.05, 0.1) is 16.1 Å². The second kappa shape index (κ2) is 7.98. The van der Waals surface area contributed by atoms with Gasteiger partial charge in [-0.05, 0) is 31.2 Å². The fraction of sp³-hybridized carbons (Fsp3) is 0.118. The van der Waals surface area contributed by atoms with Crippen molar-refractivity contribution in [1.82, 2.24) is 9.97 Å². The van der Waals surface area contributed by atoms with Crippen LogP contribution < -0.4 is 0 Å². The highest BCUT2D eigenvalue weighted by Gasteiger charge is 2.36. The lowest BCUT2D eigenvalue weighted by Crippen LogP contribution is -2.07. The molecule has 8 heteroatoms. The smallest absolute Gasteiger partial charge is 0.290 e. The summed E-state index contributed by atoms with van der Waals surface area (Å²) in [6, 6.07) is 1.46. The van der Waals surface area contributed by atoms with Gasteiger partial charge in [0.15, 0.2) is 11.5 Å². The monoisotopic (exact) mass is 368 g/mol. The van der Waals surface area contributed by atoms with Crippen molar-refractivity contribution < 1.29 is 22.4 Å². The Labute approximate surface area is 145 Å². The number of alkyl halides is 3. The zero-order valence-corrected chi connectivity index (χ0v) is 13.7. The Morgan fingerprint density at radius 2 is 1.96 bits per heavy atom. The minimum Gasteiger partial charge on any atom is -0.290 e. The summed E-state index contributed by atoms with van der Waals surface area (Å²) in [5.41, 5.74) is -0.700. The molecule has 0 fully saturated rings. The summed E-state index contributed by atoms with van der Waals surface area (Å²) < 4.78 is 51.7. The molecule has 2 aromatic rings. The Balaban J connectivity index is 2.03. The van der Waals surface area contributed by atoms with Gasteiger partial charge in [0.25, 0.3) is 0 Å². The van der Waals surface area contributed by atoms with Crippen LogP contribution in [0.2, 0.25) is 0 Å². The maximum absolute atomic E-state index is 13.3. The Bertz CT molecular complexity index is 851. The molecule has 0 saturated heterocycles. The third kappa shape index (κ3) is 5.46. The van der Waals surface area contributed by atoms with Crippen molar-refractivity contribution in [3.05, 3.63) is 69.7 Å². The maximum Gasteiger partial charge on any atom is 0.434 e. The van der Waals surface area contributed by atoms with Crippen molar-refractivity contribution in [2.24, 2.45) is 0 Å². The lowest BCUT2D eigenvalue weighted by Gasteiger charge is -2.02. The number of carbonyl (C=O) groups excluding carboxylic acids is 1. The van der Waals surface area contributed by atoms with Crippen LogP contribution >= 0.6 is 11.3 Å². The molecule has 0 radical (unpaired) electrons. The van der Waals surface area contributed by atoms with Crippen LogP contribution in [0.25, 0.3) is 12.2 Å². The molecule has 0 unspecified atom stereocenters. The molecule has 0 aliphatic carbocycles. The van der Waals surface area contributed by atoms with Crippen LogP contribution in [0.4, 0.5) is 17.6 Å². The second-order valence-corrected chi connectivity index (χ2v) is 6.03. The molecule has 2 aromatic heterocycles. The largest absolute Gasteiger partial charge is 0.434 e. The summed E-state index contributed by atoms with van der Waals surface area (Å²) in [5.74, 6) is -1.00. The standard InChI is InChI=1S/C17H12F4N2OS/c1-11-23-16(17(19,20)21)15(25-11)7-6-13(24)5-3-2-4-12-8-9-22-10-14(12)18/h2-10H,1H3/b4-2+,5-3+,7-6+. The molecule has 0 bridgehead atoms. The lowest BCUT2D eigenvalue weighted by molar-refractivity contribution is -0.140. The zero-order valence-electron chi connectivity index (χ0n) is 12.9. The van der Waals surface area contributed by atoms with Crippen LogP contribution in [0, 0.1) is 12.7 Å². The van der Waals surface area contributed by atoms with Crippen molar-refractivity contribution in [2.45, 2.75) is 13.1 Å². The number of aromatic nitrogens is 2. The van der Waals surface area contributed by atoms with E-state index in [4.69, 9.17) is 0 Å². The number of allylic oxidation sites excluding steroid dienone is 4. The van der Waals surface area contributed by atoms with Gasteiger partial charge in [-0.15, -0.1) is 11.3 Å². The number of rotatable bonds is 5. The summed E-state index contributed by atoms with van der Waals surface area (Å²) in [5, 5.41) is 0.261. The summed E-state index contributed by atoms with van der Waals surface area (Å²) >= 11 is 0.855. The molecule has 130 valence electrons. The number of hydrogen-bond donors (Lipinski definition) is 0. The number of carbonyl (C=O) groups is 1. The summed E-state index contributed by atoms with van der Waals surface area (Å²) in [6.07, 6.45) is 5.46. The van der Waals surface area contributed by atoms with Crippen molar-refractivity contribution in [2.75, 3.05) is 0 Å². The van der Waals surface area contributed by atoms with E-state index in [0.717, 1.165) is 35.8 Å². The third-order valence-electron chi connectivity index (χ3n) is 2.88. The summed E-state index contributed by atoms with van der Waals surface area (Å²) in [4.78, 5) is 18.6. The minimum atomic E-state index is -4.57. The van der Waals surface area contributed by atoms with E-state index in [9.17, 15) is 22.4 Å². The molecule has 0 amide bonds. The quantitative estimate of drug-likeness (QED) is 0.430. The molecule has 0 atom stereocenters. The normalized spacial score (nSPS) is 12.7. The lowest BCUT2D eigenvalue weighted by atomic mass is 10.2. The summed E-state index contributed by atoms with van der Waals surface area (Å²) in [7, 11) is 0.